The Bertz CT molecular complexity index is 281. The van der Waals surface area contributed by atoms with Crippen molar-refractivity contribution in [2.24, 2.45) is 23.3 Å². The lowest BCUT2D eigenvalue weighted by atomic mass is 9.81. The normalized spacial score (nSPS) is 26.2. The Kier molecular flexibility index (Phi) is 5.41. The lowest BCUT2D eigenvalue weighted by Gasteiger charge is -2.28. The topological polar surface area (TPSA) is 98.2 Å². The molecule has 2 amide bonds. The van der Waals surface area contributed by atoms with Crippen molar-refractivity contribution >= 4 is 11.8 Å². The van der Waals surface area contributed by atoms with Crippen LogP contribution in [0, 0.1) is 11.8 Å². The first kappa shape index (κ1) is 14.0. The van der Waals surface area contributed by atoms with E-state index in [2.05, 4.69) is 5.32 Å². The standard InChI is InChI=1S/C12H23N3O2/c1-8(5-11(14)16)15-12(17)10-4-2-3-9(6-10)7-13/h8-10H,2-7,13H2,1H3,(H2,14,16)(H,15,17). The third kappa shape index (κ3) is 4.73. The van der Waals surface area contributed by atoms with Crippen LogP contribution in [-0.4, -0.2) is 24.4 Å². The van der Waals surface area contributed by atoms with Gasteiger partial charge in [0.05, 0.1) is 0 Å². The van der Waals surface area contributed by atoms with Crippen molar-refractivity contribution in [3.8, 4) is 0 Å². The van der Waals surface area contributed by atoms with Crippen molar-refractivity contribution in [2.75, 3.05) is 6.54 Å². The van der Waals surface area contributed by atoms with E-state index in [4.69, 9.17) is 11.5 Å². The van der Waals surface area contributed by atoms with Gasteiger partial charge in [0, 0.05) is 18.4 Å². The quantitative estimate of drug-likeness (QED) is 0.638. The first-order chi connectivity index (χ1) is 8.02. The summed E-state index contributed by atoms with van der Waals surface area (Å²) in [5.74, 6) is 0.164. The highest BCUT2D eigenvalue weighted by Gasteiger charge is 2.27. The maximum Gasteiger partial charge on any atom is 0.223 e. The van der Waals surface area contributed by atoms with Crippen molar-refractivity contribution in [1.29, 1.82) is 0 Å². The van der Waals surface area contributed by atoms with E-state index in [-0.39, 0.29) is 30.2 Å². The number of carbonyl (C=O) groups excluding carboxylic acids is 2. The Balaban J connectivity index is 2.38. The van der Waals surface area contributed by atoms with Crippen LogP contribution >= 0.6 is 0 Å². The molecule has 0 aliphatic heterocycles. The zero-order chi connectivity index (χ0) is 12.8. The lowest BCUT2D eigenvalue weighted by Crippen LogP contribution is -2.41. The second-order valence-corrected chi connectivity index (χ2v) is 5.05. The van der Waals surface area contributed by atoms with Gasteiger partial charge in [-0.1, -0.05) is 6.42 Å². The molecule has 0 radical (unpaired) electrons. The third-order valence-electron chi connectivity index (χ3n) is 3.38. The molecule has 1 rings (SSSR count). The summed E-state index contributed by atoms with van der Waals surface area (Å²) in [5.41, 5.74) is 10.7. The van der Waals surface area contributed by atoms with Crippen LogP contribution in [0.4, 0.5) is 0 Å². The van der Waals surface area contributed by atoms with Crippen molar-refractivity contribution in [1.82, 2.24) is 5.32 Å². The van der Waals surface area contributed by atoms with Crippen LogP contribution in [0.1, 0.15) is 39.0 Å². The highest BCUT2D eigenvalue weighted by Crippen LogP contribution is 2.28. The summed E-state index contributed by atoms with van der Waals surface area (Å²) >= 11 is 0. The maximum atomic E-state index is 11.9. The number of amides is 2. The Morgan fingerprint density at radius 2 is 2.12 bits per heavy atom. The fourth-order valence-electron chi connectivity index (χ4n) is 2.46. The van der Waals surface area contributed by atoms with Gasteiger partial charge in [-0.15, -0.1) is 0 Å². The minimum atomic E-state index is -0.388. The molecule has 3 atom stereocenters. The Morgan fingerprint density at radius 1 is 1.41 bits per heavy atom. The van der Waals surface area contributed by atoms with Gasteiger partial charge in [-0.2, -0.15) is 0 Å². The molecule has 5 N–H and O–H groups in total. The van der Waals surface area contributed by atoms with Gasteiger partial charge in [-0.3, -0.25) is 9.59 Å². The molecule has 0 spiro atoms. The third-order valence-corrected chi connectivity index (χ3v) is 3.38. The smallest absolute Gasteiger partial charge is 0.223 e. The van der Waals surface area contributed by atoms with Crippen LogP contribution in [0.3, 0.4) is 0 Å². The first-order valence-electron chi connectivity index (χ1n) is 6.31. The van der Waals surface area contributed by atoms with Gasteiger partial charge in [-0.25, -0.2) is 0 Å². The largest absolute Gasteiger partial charge is 0.370 e. The van der Waals surface area contributed by atoms with E-state index in [9.17, 15) is 9.59 Å². The molecule has 3 unspecified atom stereocenters. The summed E-state index contributed by atoms with van der Waals surface area (Å²) in [6.45, 7) is 2.45. The average Bonchev–Trinajstić information content (AvgIpc) is 2.27. The Hall–Kier alpha value is -1.10. The van der Waals surface area contributed by atoms with Gasteiger partial charge in [0.15, 0.2) is 0 Å². The van der Waals surface area contributed by atoms with E-state index < -0.39 is 0 Å². The average molecular weight is 241 g/mol. The van der Waals surface area contributed by atoms with E-state index in [0.717, 1.165) is 25.7 Å². The molecular weight excluding hydrogens is 218 g/mol. The van der Waals surface area contributed by atoms with Gasteiger partial charge < -0.3 is 16.8 Å². The summed E-state index contributed by atoms with van der Waals surface area (Å²) in [7, 11) is 0. The van der Waals surface area contributed by atoms with E-state index in [1.807, 2.05) is 0 Å². The highest BCUT2D eigenvalue weighted by atomic mass is 16.2. The molecule has 0 aromatic rings. The van der Waals surface area contributed by atoms with Crippen LogP contribution in [-0.2, 0) is 9.59 Å². The monoisotopic (exact) mass is 241 g/mol. The summed E-state index contributed by atoms with van der Waals surface area (Å²) in [5, 5.41) is 2.84. The molecular formula is C12H23N3O2. The number of nitrogens with one attached hydrogen (secondary N) is 1. The SMILES string of the molecule is CC(CC(N)=O)NC(=O)C1CCCC(CN)C1. The molecule has 17 heavy (non-hydrogen) atoms. The fraction of sp³-hybridized carbons (Fsp3) is 0.833. The maximum absolute atomic E-state index is 11.9. The zero-order valence-electron chi connectivity index (χ0n) is 10.4. The number of carbonyl (C=O) groups is 2. The fourth-order valence-corrected chi connectivity index (χ4v) is 2.46. The predicted molar refractivity (Wildman–Crippen MR) is 65.9 cm³/mol. The summed E-state index contributed by atoms with van der Waals surface area (Å²) in [6, 6.07) is -0.182. The van der Waals surface area contributed by atoms with Crippen molar-refractivity contribution in [3.05, 3.63) is 0 Å². The second-order valence-electron chi connectivity index (χ2n) is 5.05. The molecule has 0 bridgehead atoms. The number of nitrogens with two attached hydrogens (primary N) is 2. The number of rotatable bonds is 5. The van der Waals surface area contributed by atoms with Gasteiger partial charge in [0.2, 0.25) is 11.8 Å². The molecule has 5 heteroatoms. The molecule has 0 heterocycles. The van der Waals surface area contributed by atoms with Gasteiger partial charge in [-0.05, 0) is 38.6 Å². The van der Waals surface area contributed by atoms with Gasteiger partial charge in [0.1, 0.15) is 0 Å². The number of primary amides is 1. The van der Waals surface area contributed by atoms with E-state index in [1.165, 1.54) is 0 Å². The molecule has 1 saturated carbocycles. The number of hydrogen-bond donors (Lipinski definition) is 3. The van der Waals surface area contributed by atoms with E-state index >= 15 is 0 Å². The Morgan fingerprint density at radius 3 is 2.71 bits per heavy atom. The second kappa shape index (κ2) is 6.59. The molecule has 0 aromatic carbocycles. The summed E-state index contributed by atoms with van der Waals surface area (Å²) < 4.78 is 0. The van der Waals surface area contributed by atoms with Crippen LogP contribution in [0.2, 0.25) is 0 Å². The molecule has 0 aromatic heterocycles. The van der Waals surface area contributed by atoms with Crippen LogP contribution in [0.25, 0.3) is 0 Å². The predicted octanol–water partition coefficient (Wildman–Crippen LogP) is 0.132. The Labute approximate surface area is 102 Å². The number of hydrogen-bond acceptors (Lipinski definition) is 3. The first-order valence-corrected chi connectivity index (χ1v) is 6.31. The van der Waals surface area contributed by atoms with Crippen molar-refractivity contribution < 1.29 is 9.59 Å². The minimum absolute atomic E-state index is 0.0388. The van der Waals surface area contributed by atoms with Crippen LogP contribution in [0.5, 0.6) is 0 Å². The highest BCUT2D eigenvalue weighted by molar-refractivity contribution is 5.80. The van der Waals surface area contributed by atoms with Crippen molar-refractivity contribution in [3.63, 3.8) is 0 Å². The molecule has 1 fully saturated rings. The zero-order valence-corrected chi connectivity index (χ0v) is 10.4. The molecule has 1 aliphatic rings. The minimum Gasteiger partial charge on any atom is -0.370 e. The van der Waals surface area contributed by atoms with E-state index in [1.54, 1.807) is 6.92 Å². The lowest BCUT2D eigenvalue weighted by molar-refractivity contribution is -0.127. The van der Waals surface area contributed by atoms with Gasteiger partial charge in [0.25, 0.3) is 0 Å². The molecule has 98 valence electrons. The van der Waals surface area contributed by atoms with Crippen molar-refractivity contribution in [2.45, 2.75) is 45.1 Å². The van der Waals surface area contributed by atoms with Crippen LogP contribution in [0.15, 0.2) is 0 Å². The van der Waals surface area contributed by atoms with Gasteiger partial charge >= 0.3 is 0 Å². The van der Waals surface area contributed by atoms with E-state index in [0.29, 0.717) is 12.5 Å². The molecule has 0 saturated heterocycles. The summed E-state index contributed by atoms with van der Waals surface area (Å²) in [6.07, 6.45) is 4.16. The molecule has 1 aliphatic carbocycles. The van der Waals surface area contributed by atoms with Crippen LogP contribution < -0.4 is 16.8 Å². The summed E-state index contributed by atoms with van der Waals surface area (Å²) in [4.78, 5) is 22.7. The molecule has 5 nitrogen and oxygen atoms in total.